The molecule has 2 N–H and O–H groups in total. The van der Waals surface area contributed by atoms with E-state index < -0.39 is 5.97 Å². The number of benzene rings is 1. The fourth-order valence-corrected chi connectivity index (χ4v) is 3.58. The van der Waals surface area contributed by atoms with Crippen LogP contribution in [0.1, 0.15) is 37.7 Å². The van der Waals surface area contributed by atoms with E-state index in [0.717, 1.165) is 30.2 Å². The standard InChI is InChI=1S/C17H23BrN2O3/c1-20(10-7-15(21)22)16(23)19-12-17(8-2-3-9-17)13-5-4-6-14(18)11-13/h4-6,11H,2-3,7-10,12H2,1H3,(H,19,23)(H,21,22). The number of hydrogen-bond donors (Lipinski definition) is 2. The van der Waals surface area contributed by atoms with Crippen molar-refractivity contribution in [3.8, 4) is 0 Å². The van der Waals surface area contributed by atoms with Crippen molar-refractivity contribution in [2.45, 2.75) is 37.5 Å². The van der Waals surface area contributed by atoms with Crippen LogP contribution in [0.2, 0.25) is 0 Å². The lowest BCUT2D eigenvalue weighted by Crippen LogP contribution is -2.44. The number of nitrogens with one attached hydrogen (secondary N) is 1. The van der Waals surface area contributed by atoms with Crippen LogP contribution in [0.25, 0.3) is 0 Å². The topological polar surface area (TPSA) is 69.6 Å². The highest BCUT2D eigenvalue weighted by Crippen LogP contribution is 2.41. The van der Waals surface area contributed by atoms with Crippen LogP contribution in [-0.4, -0.2) is 42.1 Å². The van der Waals surface area contributed by atoms with Crippen molar-refractivity contribution in [2.24, 2.45) is 0 Å². The van der Waals surface area contributed by atoms with E-state index >= 15 is 0 Å². The molecule has 0 heterocycles. The third-order valence-corrected chi connectivity index (χ3v) is 5.08. The van der Waals surface area contributed by atoms with Crippen LogP contribution in [0.15, 0.2) is 28.7 Å². The number of hydrogen-bond acceptors (Lipinski definition) is 2. The maximum absolute atomic E-state index is 12.2. The van der Waals surface area contributed by atoms with Gasteiger partial charge in [0.25, 0.3) is 0 Å². The lowest BCUT2D eigenvalue weighted by molar-refractivity contribution is -0.137. The molecule has 1 aliphatic carbocycles. The van der Waals surface area contributed by atoms with E-state index in [9.17, 15) is 9.59 Å². The van der Waals surface area contributed by atoms with Gasteiger partial charge in [-0.15, -0.1) is 0 Å². The second-order valence-corrected chi connectivity index (χ2v) is 7.14. The number of nitrogens with zero attached hydrogens (tertiary/aromatic N) is 1. The number of carbonyl (C=O) groups is 2. The fraction of sp³-hybridized carbons (Fsp3) is 0.529. The molecule has 1 aromatic rings. The van der Waals surface area contributed by atoms with Crippen LogP contribution < -0.4 is 5.32 Å². The molecule has 1 aromatic carbocycles. The Balaban J connectivity index is 2.00. The summed E-state index contributed by atoms with van der Waals surface area (Å²) in [6.45, 7) is 0.796. The largest absolute Gasteiger partial charge is 0.481 e. The number of amides is 2. The van der Waals surface area contributed by atoms with Gasteiger partial charge in [0.05, 0.1) is 6.42 Å². The first-order chi connectivity index (χ1) is 10.9. The van der Waals surface area contributed by atoms with Crippen LogP contribution >= 0.6 is 15.9 Å². The van der Waals surface area contributed by atoms with Crippen molar-refractivity contribution in [3.63, 3.8) is 0 Å². The Bertz CT molecular complexity index is 571. The molecule has 1 fully saturated rings. The van der Waals surface area contributed by atoms with Gasteiger partial charge in [-0.3, -0.25) is 4.79 Å². The van der Waals surface area contributed by atoms with Crippen LogP contribution in [0, 0.1) is 0 Å². The third kappa shape index (κ3) is 4.70. The van der Waals surface area contributed by atoms with Gasteiger partial charge in [0.1, 0.15) is 0 Å². The minimum absolute atomic E-state index is 0.0208. The van der Waals surface area contributed by atoms with Gasteiger partial charge in [-0.2, -0.15) is 0 Å². The fourth-order valence-electron chi connectivity index (χ4n) is 3.18. The van der Waals surface area contributed by atoms with Gasteiger partial charge in [0, 0.05) is 30.0 Å². The van der Waals surface area contributed by atoms with Gasteiger partial charge in [-0.05, 0) is 30.5 Å². The summed E-state index contributed by atoms with van der Waals surface area (Å²) >= 11 is 3.52. The van der Waals surface area contributed by atoms with Gasteiger partial charge < -0.3 is 15.3 Å². The molecule has 23 heavy (non-hydrogen) atoms. The van der Waals surface area contributed by atoms with E-state index in [-0.39, 0.29) is 24.4 Å². The second-order valence-electron chi connectivity index (χ2n) is 6.22. The van der Waals surface area contributed by atoms with Crippen molar-refractivity contribution < 1.29 is 14.7 Å². The van der Waals surface area contributed by atoms with Crippen molar-refractivity contribution in [2.75, 3.05) is 20.1 Å². The molecule has 2 amide bonds. The van der Waals surface area contributed by atoms with Crippen molar-refractivity contribution in [1.29, 1.82) is 0 Å². The lowest BCUT2D eigenvalue weighted by Gasteiger charge is -2.31. The molecule has 1 saturated carbocycles. The summed E-state index contributed by atoms with van der Waals surface area (Å²) in [7, 11) is 1.62. The molecule has 0 spiro atoms. The monoisotopic (exact) mass is 382 g/mol. The number of aliphatic carboxylic acids is 1. The van der Waals surface area contributed by atoms with Gasteiger partial charge in [-0.25, -0.2) is 4.79 Å². The van der Waals surface area contributed by atoms with Crippen LogP contribution in [-0.2, 0) is 10.2 Å². The average molecular weight is 383 g/mol. The van der Waals surface area contributed by atoms with E-state index in [4.69, 9.17) is 5.11 Å². The Labute approximate surface area is 145 Å². The molecule has 126 valence electrons. The van der Waals surface area contributed by atoms with E-state index in [1.54, 1.807) is 7.05 Å². The summed E-state index contributed by atoms with van der Waals surface area (Å²) in [6.07, 6.45) is 4.40. The number of carbonyl (C=O) groups excluding carboxylic acids is 1. The quantitative estimate of drug-likeness (QED) is 0.791. The van der Waals surface area contributed by atoms with E-state index in [2.05, 4.69) is 33.4 Å². The van der Waals surface area contributed by atoms with Crippen molar-refractivity contribution in [1.82, 2.24) is 10.2 Å². The maximum atomic E-state index is 12.2. The first-order valence-corrected chi connectivity index (χ1v) is 8.69. The lowest BCUT2D eigenvalue weighted by atomic mass is 9.79. The Morgan fingerprint density at radius 1 is 1.35 bits per heavy atom. The Kier molecular flexibility index (Phi) is 6.04. The summed E-state index contributed by atoms with van der Waals surface area (Å²) in [5, 5.41) is 11.7. The van der Waals surface area contributed by atoms with Gasteiger partial charge in [-0.1, -0.05) is 40.9 Å². The molecule has 0 aliphatic heterocycles. The molecule has 0 atom stereocenters. The number of halogens is 1. The summed E-state index contributed by atoms with van der Waals surface area (Å²) < 4.78 is 1.05. The molecule has 2 rings (SSSR count). The Morgan fingerprint density at radius 3 is 2.65 bits per heavy atom. The molecular formula is C17H23BrN2O3. The first-order valence-electron chi connectivity index (χ1n) is 7.90. The Morgan fingerprint density at radius 2 is 2.04 bits per heavy atom. The highest BCUT2D eigenvalue weighted by Gasteiger charge is 2.36. The average Bonchev–Trinajstić information content (AvgIpc) is 3.00. The van der Waals surface area contributed by atoms with E-state index in [1.807, 2.05) is 12.1 Å². The maximum Gasteiger partial charge on any atom is 0.317 e. The van der Waals surface area contributed by atoms with Crippen LogP contribution in [0.3, 0.4) is 0 Å². The van der Waals surface area contributed by atoms with E-state index in [1.165, 1.54) is 10.5 Å². The highest BCUT2D eigenvalue weighted by atomic mass is 79.9. The van der Waals surface area contributed by atoms with Crippen LogP contribution in [0.5, 0.6) is 0 Å². The zero-order valence-electron chi connectivity index (χ0n) is 13.3. The number of carboxylic acid groups (broad SMARTS) is 1. The predicted octanol–water partition coefficient (Wildman–Crippen LogP) is 3.38. The molecule has 0 aromatic heterocycles. The van der Waals surface area contributed by atoms with Gasteiger partial charge in [0.15, 0.2) is 0 Å². The molecular weight excluding hydrogens is 360 g/mol. The van der Waals surface area contributed by atoms with Crippen LogP contribution in [0.4, 0.5) is 4.79 Å². The smallest absolute Gasteiger partial charge is 0.317 e. The van der Waals surface area contributed by atoms with Gasteiger partial charge in [0.2, 0.25) is 0 Å². The second kappa shape index (κ2) is 7.81. The third-order valence-electron chi connectivity index (χ3n) is 4.58. The molecule has 5 nitrogen and oxygen atoms in total. The van der Waals surface area contributed by atoms with Crippen molar-refractivity contribution >= 4 is 27.9 Å². The zero-order chi connectivity index (χ0) is 16.9. The normalized spacial score (nSPS) is 16.1. The SMILES string of the molecule is CN(CCC(=O)O)C(=O)NCC1(c2cccc(Br)c2)CCCC1. The molecule has 0 radical (unpaired) electrons. The number of rotatable bonds is 6. The van der Waals surface area contributed by atoms with Crippen molar-refractivity contribution in [3.05, 3.63) is 34.3 Å². The Hall–Kier alpha value is -1.56. The minimum atomic E-state index is -0.897. The summed E-state index contributed by atoms with van der Waals surface area (Å²) in [6, 6.07) is 8.07. The minimum Gasteiger partial charge on any atom is -0.481 e. The number of urea groups is 1. The zero-order valence-corrected chi connectivity index (χ0v) is 14.9. The molecule has 1 aliphatic rings. The van der Waals surface area contributed by atoms with E-state index in [0.29, 0.717) is 6.54 Å². The molecule has 6 heteroatoms. The predicted molar refractivity (Wildman–Crippen MR) is 92.6 cm³/mol. The molecule has 0 bridgehead atoms. The first kappa shape index (κ1) is 17.8. The summed E-state index contributed by atoms with van der Waals surface area (Å²) in [5.74, 6) is -0.897. The summed E-state index contributed by atoms with van der Waals surface area (Å²) in [5.41, 5.74) is 1.23. The molecule has 0 unspecified atom stereocenters. The highest BCUT2D eigenvalue weighted by molar-refractivity contribution is 9.10. The number of carboxylic acids is 1. The summed E-state index contributed by atoms with van der Waals surface area (Å²) in [4.78, 5) is 24.2. The van der Waals surface area contributed by atoms with Gasteiger partial charge >= 0.3 is 12.0 Å². The molecule has 0 saturated heterocycles.